The van der Waals surface area contributed by atoms with Crippen molar-refractivity contribution in [3.63, 3.8) is 0 Å². The molecule has 0 fully saturated rings. The predicted molar refractivity (Wildman–Crippen MR) is 65.4 cm³/mol. The molecule has 17 heavy (non-hydrogen) atoms. The van der Waals surface area contributed by atoms with E-state index in [1.807, 2.05) is 28.9 Å². The van der Waals surface area contributed by atoms with Gasteiger partial charge in [-0.05, 0) is 31.2 Å². The molecule has 4 nitrogen and oxygen atoms in total. The number of hydrogen-bond acceptors (Lipinski definition) is 3. The Kier molecular flexibility index (Phi) is 2.37. The maximum absolute atomic E-state index is 5.16. The Morgan fingerprint density at radius 1 is 1.24 bits per heavy atom. The van der Waals surface area contributed by atoms with Gasteiger partial charge in [-0.1, -0.05) is 0 Å². The summed E-state index contributed by atoms with van der Waals surface area (Å²) in [7, 11) is 1.67. The van der Waals surface area contributed by atoms with E-state index in [4.69, 9.17) is 4.74 Å². The molecule has 1 aliphatic heterocycles. The maximum atomic E-state index is 5.16. The van der Waals surface area contributed by atoms with Crippen molar-refractivity contribution >= 4 is 0 Å². The van der Waals surface area contributed by atoms with Gasteiger partial charge in [0, 0.05) is 24.3 Å². The Hall–Kier alpha value is -1.81. The van der Waals surface area contributed by atoms with Gasteiger partial charge in [0.05, 0.1) is 18.5 Å². The quantitative estimate of drug-likeness (QED) is 0.853. The van der Waals surface area contributed by atoms with E-state index in [9.17, 15) is 0 Å². The van der Waals surface area contributed by atoms with Crippen LogP contribution in [0.4, 0.5) is 0 Å². The zero-order chi connectivity index (χ0) is 11.8. The minimum absolute atomic E-state index is 0.868. The van der Waals surface area contributed by atoms with Crippen LogP contribution in [0.5, 0.6) is 5.75 Å². The first-order valence-electron chi connectivity index (χ1n) is 5.72. The highest BCUT2D eigenvalue weighted by Crippen LogP contribution is 2.22. The molecule has 1 aromatic heterocycles. The standard InChI is InChI=1S/C13H15N3O/c1-9-12-7-14-8-13(12)15-16(9)10-3-5-11(17-2)6-4-10/h3-6,14H,7-8H2,1-2H3. The molecule has 0 amide bonds. The Balaban J connectivity index is 2.03. The largest absolute Gasteiger partial charge is 0.497 e. The highest BCUT2D eigenvalue weighted by atomic mass is 16.5. The summed E-state index contributed by atoms with van der Waals surface area (Å²) in [5, 5.41) is 7.94. The second-order valence-corrected chi connectivity index (χ2v) is 4.22. The van der Waals surface area contributed by atoms with Gasteiger partial charge in [-0.25, -0.2) is 4.68 Å². The lowest BCUT2D eigenvalue weighted by Gasteiger charge is -2.06. The summed E-state index contributed by atoms with van der Waals surface area (Å²) in [6.45, 7) is 3.92. The second kappa shape index (κ2) is 3.89. The zero-order valence-electron chi connectivity index (χ0n) is 10.0. The summed E-state index contributed by atoms with van der Waals surface area (Å²) in [6.07, 6.45) is 0. The minimum Gasteiger partial charge on any atom is -0.497 e. The molecule has 0 aliphatic carbocycles. The van der Waals surface area contributed by atoms with Crippen LogP contribution in [0.25, 0.3) is 5.69 Å². The fourth-order valence-electron chi connectivity index (χ4n) is 2.25. The third-order valence-electron chi connectivity index (χ3n) is 3.23. The van der Waals surface area contributed by atoms with Gasteiger partial charge in [-0.2, -0.15) is 5.10 Å². The van der Waals surface area contributed by atoms with E-state index in [1.54, 1.807) is 7.11 Å². The Morgan fingerprint density at radius 3 is 2.65 bits per heavy atom. The van der Waals surface area contributed by atoms with Crippen molar-refractivity contribution in [3.05, 3.63) is 41.2 Å². The van der Waals surface area contributed by atoms with Crippen LogP contribution in [0.3, 0.4) is 0 Å². The first-order valence-corrected chi connectivity index (χ1v) is 5.72. The lowest BCUT2D eigenvalue weighted by Crippen LogP contribution is -2.07. The summed E-state index contributed by atoms with van der Waals surface area (Å²) in [5.41, 5.74) is 4.80. The maximum Gasteiger partial charge on any atom is 0.119 e. The zero-order valence-corrected chi connectivity index (χ0v) is 10.0. The molecule has 0 atom stereocenters. The number of nitrogens with one attached hydrogen (secondary N) is 1. The van der Waals surface area contributed by atoms with Crippen LogP contribution in [-0.2, 0) is 13.1 Å². The average molecular weight is 229 g/mol. The molecule has 1 aromatic carbocycles. The molecule has 2 aromatic rings. The molecule has 0 bridgehead atoms. The van der Waals surface area contributed by atoms with E-state index in [0.717, 1.165) is 24.5 Å². The number of hydrogen-bond donors (Lipinski definition) is 1. The normalized spacial score (nSPS) is 13.8. The summed E-state index contributed by atoms with van der Waals surface area (Å²) < 4.78 is 7.16. The van der Waals surface area contributed by atoms with Crippen molar-refractivity contribution in [1.29, 1.82) is 0 Å². The van der Waals surface area contributed by atoms with Crippen LogP contribution in [0, 0.1) is 6.92 Å². The van der Waals surface area contributed by atoms with Crippen LogP contribution >= 0.6 is 0 Å². The van der Waals surface area contributed by atoms with Gasteiger partial charge in [0.1, 0.15) is 5.75 Å². The van der Waals surface area contributed by atoms with Gasteiger partial charge >= 0.3 is 0 Å². The Labute approximate surface area is 100 Å². The number of fused-ring (bicyclic) bond motifs is 1. The van der Waals surface area contributed by atoms with Crippen molar-refractivity contribution in [1.82, 2.24) is 15.1 Å². The molecule has 1 N–H and O–H groups in total. The first-order chi connectivity index (χ1) is 8.29. The van der Waals surface area contributed by atoms with E-state index >= 15 is 0 Å². The van der Waals surface area contributed by atoms with Crippen LogP contribution in [-0.4, -0.2) is 16.9 Å². The van der Waals surface area contributed by atoms with Gasteiger partial charge in [0.25, 0.3) is 0 Å². The molecule has 0 radical (unpaired) electrons. The van der Waals surface area contributed by atoms with E-state index < -0.39 is 0 Å². The van der Waals surface area contributed by atoms with Crippen LogP contribution in [0.15, 0.2) is 24.3 Å². The number of aromatic nitrogens is 2. The second-order valence-electron chi connectivity index (χ2n) is 4.22. The highest BCUT2D eigenvalue weighted by molar-refractivity contribution is 5.41. The van der Waals surface area contributed by atoms with Crippen molar-refractivity contribution in [2.75, 3.05) is 7.11 Å². The molecule has 0 saturated heterocycles. The van der Waals surface area contributed by atoms with Crippen LogP contribution in [0.2, 0.25) is 0 Å². The third-order valence-corrected chi connectivity index (χ3v) is 3.23. The summed E-state index contributed by atoms with van der Waals surface area (Å²) >= 11 is 0. The number of rotatable bonds is 2. The van der Waals surface area contributed by atoms with Crippen molar-refractivity contribution in [3.8, 4) is 11.4 Å². The van der Waals surface area contributed by atoms with Gasteiger partial charge in [0.2, 0.25) is 0 Å². The topological polar surface area (TPSA) is 39.1 Å². The minimum atomic E-state index is 0.868. The monoisotopic (exact) mass is 229 g/mol. The summed E-state index contributed by atoms with van der Waals surface area (Å²) in [6, 6.07) is 7.97. The molecule has 1 aliphatic rings. The molecule has 3 rings (SSSR count). The number of benzene rings is 1. The van der Waals surface area contributed by atoms with Gasteiger partial charge in [-0.15, -0.1) is 0 Å². The van der Waals surface area contributed by atoms with E-state index in [1.165, 1.54) is 17.0 Å². The van der Waals surface area contributed by atoms with E-state index in [-0.39, 0.29) is 0 Å². The summed E-state index contributed by atoms with van der Waals surface area (Å²) in [5.74, 6) is 0.868. The van der Waals surface area contributed by atoms with Gasteiger partial charge in [0.15, 0.2) is 0 Å². The molecule has 2 heterocycles. The molecular weight excluding hydrogens is 214 g/mol. The third kappa shape index (κ3) is 1.61. The fourth-order valence-corrected chi connectivity index (χ4v) is 2.25. The fraction of sp³-hybridized carbons (Fsp3) is 0.308. The molecule has 0 unspecified atom stereocenters. The van der Waals surface area contributed by atoms with Crippen LogP contribution in [0.1, 0.15) is 17.0 Å². The Morgan fingerprint density at radius 2 is 2.00 bits per heavy atom. The highest BCUT2D eigenvalue weighted by Gasteiger charge is 2.19. The first kappa shape index (κ1) is 10.4. The van der Waals surface area contributed by atoms with Gasteiger partial charge < -0.3 is 10.1 Å². The molecule has 0 spiro atoms. The average Bonchev–Trinajstić information content (AvgIpc) is 2.93. The number of ether oxygens (including phenoxy) is 1. The molecule has 0 saturated carbocycles. The lowest BCUT2D eigenvalue weighted by atomic mass is 10.2. The molecule has 88 valence electrons. The number of methoxy groups -OCH3 is 1. The molecular formula is C13H15N3O. The molecule has 4 heteroatoms. The van der Waals surface area contributed by atoms with E-state index in [2.05, 4.69) is 17.3 Å². The van der Waals surface area contributed by atoms with Crippen molar-refractivity contribution < 1.29 is 4.74 Å². The lowest BCUT2D eigenvalue weighted by molar-refractivity contribution is 0.414. The Bertz CT molecular complexity index is 543. The van der Waals surface area contributed by atoms with Crippen molar-refractivity contribution in [2.24, 2.45) is 0 Å². The van der Waals surface area contributed by atoms with Crippen LogP contribution < -0.4 is 10.1 Å². The predicted octanol–water partition coefficient (Wildman–Crippen LogP) is 1.79. The van der Waals surface area contributed by atoms with Gasteiger partial charge in [-0.3, -0.25) is 0 Å². The van der Waals surface area contributed by atoms with E-state index in [0.29, 0.717) is 0 Å². The van der Waals surface area contributed by atoms with Crippen molar-refractivity contribution in [2.45, 2.75) is 20.0 Å². The SMILES string of the molecule is COc1ccc(-n2nc3c(c2C)CNC3)cc1. The summed E-state index contributed by atoms with van der Waals surface area (Å²) in [4.78, 5) is 0. The smallest absolute Gasteiger partial charge is 0.119 e. The number of nitrogens with zero attached hydrogens (tertiary/aromatic N) is 2.